The minimum absolute atomic E-state index is 0.160. The molecule has 0 fully saturated rings. The lowest BCUT2D eigenvalue weighted by Gasteiger charge is -2.10. The van der Waals surface area contributed by atoms with Gasteiger partial charge in [0.2, 0.25) is 0 Å². The molecule has 0 saturated carbocycles. The van der Waals surface area contributed by atoms with Gasteiger partial charge in [0, 0.05) is 10.5 Å². The third-order valence-corrected chi connectivity index (χ3v) is 4.13. The molecule has 0 spiro atoms. The Morgan fingerprint density at radius 2 is 1.83 bits per heavy atom. The molecule has 0 radical (unpaired) electrons. The van der Waals surface area contributed by atoms with Gasteiger partial charge in [0.05, 0.1) is 17.8 Å². The van der Waals surface area contributed by atoms with E-state index in [1.165, 1.54) is 0 Å². The minimum Gasteiger partial charge on any atom is -0.307 e. The summed E-state index contributed by atoms with van der Waals surface area (Å²) >= 11 is 3.40. The lowest BCUT2D eigenvalue weighted by atomic mass is 10.2. The Morgan fingerprint density at radius 1 is 1.13 bits per heavy atom. The maximum absolute atomic E-state index is 12.5. The molecule has 0 bridgehead atoms. The lowest BCUT2D eigenvalue weighted by molar-refractivity contribution is 0.102. The van der Waals surface area contributed by atoms with Crippen LogP contribution in [0.25, 0.3) is 0 Å². The number of carbonyl (C=O) groups excluding carboxylic acids is 1. The topological polar surface area (TPSA) is 46.9 Å². The number of anilines is 1. The molecule has 3 rings (SSSR count). The molecule has 2 aromatic carbocycles. The summed E-state index contributed by atoms with van der Waals surface area (Å²) in [5.41, 5.74) is 2.59. The maximum Gasteiger partial charge on any atom is 0.257 e. The quantitative estimate of drug-likeness (QED) is 0.746. The number of halogens is 1. The molecule has 0 aliphatic heterocycles. The Morgan fingerprint density at radius 3 is 2.57 bits per heavy atom. The van der Waals surface area contributed by atoms with E-state index >= 15 is 0 Å². The van der Waals surface area contributed by atoms with E-state index in [4.69, 9.17) is 0 Å². The van der Waals surface area contributed by atoms with Crippen molar-refractivity contribution in [2.24, 2.45) is 0 Å². The van der Waals surface area contributed by atoms with Gasteiger partial charge >= 0.3 is 0 Å². The second-order valence-corrected chi connectivity index (χ2v) is 6.10. The molecule has 116 valence electrons. The van der Waals surface area contributed by atoms with Crippen LogP contribution in [0.1, 0.15) is 21.6 Å². The first kappa shape index (κ1) is 15.5. The van der Waals surface area contributed by atoms with E-state index in [-0.39, 0.29) is 5.91 Å². The molecule has 1 N–H and O–H groups in total. The first-order chi connectivity index (χ1) is 11.1. The van der Waals surface area contributed by atoms with Crippen molar-refractivity contribution >= 4 is 27.7 Å². The number of aryl methyl sites for hydroxylation is 1. The van der Waals surface area contributed by atoms with Crippen LogP contribution >= 0.6 is 15.9 Å². The Bertz CT molecular complexity index is 827. The largest absolute Gasteiger partial charge is 0.307 e. The van der Waals surface area contributed by atoms with Crippen molar-refractivity contribution in [1.82, 2.24) is 9.78 Å². The number of carbonyl (C=O) groups is 1. The van der Waals surface area contributed by atoms with E-state index in [2.05, 4.69) is 26.3 Å². The zero-order valence-corrected chi connectivity index (χ0v) is 14.2. The SMILES string of the molecule is Cc1cc(NC(=O)c2ccccc2Br)n(Cc2ccccc2)n1. The molecule has 23 heavy (non-hydrogen) atoms. The summed E-state index contributed by atoms with van der Waals surface area (Å²) < 4.78 is 2.57. The van der Waals surface area contributed by atoms with Crippen LogP contribution in [0.5, 0.6) is 0 Å². The van der Waals surface area contributed by atoms with Gasteiger partial charge in [0.1, 0.15) is 5.82 Å². The van der Waals surface area contributed by atoms with E-state index in [9.17, 15) is 4.79 Å². The molecule has 0 saturated heterocycles. The van der Waals surface area contributed by atoms with Gasteiger partial charge in [-0.05, 0) is 40.5 Å². The van der Waals surface area contributed by atoms with Crippen LogP contribution in [0.4, 0.5) is 5.82 Å². The van der Waals surface area contributed by atoms with Crippen LogP contribution in [-0.4, -0.2) is 15.7 Å². The molecular weight excluding hydrogens is 354 g/mol. The Hall–Kier alpha value is -2.40. The summed E-state index contributed by atoms with van der Waals surface area (Å²) in [4.78, 5) is 12.5. The van der Waals surface area contributed by atoms with E-state index in [0.29, 0.717) is 17.9 Å². The average Bonchev–Trinajstić information content (AvgIpc) is 2.88. The first-order valence-corrected chi connectivity index (χ1v) is 8.07. The number of rotatable bonds is 4. The molecule has 0 atom stereocenters. The minimum atomic E-state index is -0.160. The Labute approximate surface area is 143 Å². The van der Waals surface area contributed by atoms with Crippen molar-refractivity contribution < 1.29 is 4.79 Å². The van der Waals surface area contributed by atoms with Crippen molar-refractivity contribution in [3.05, 3.63) is 82.0 Å². The maximum atomic E-state index is 12.5. The fourth-order valence-electron chi connectivity index (χ4n) is 2.35. The highest BCUT2D eigenvalue weighted by Gasteiger charge is 2.13. The average molecular weight is 370 g/mol. The van der Waals surface area contributed by atoms with Crippen LogP contribution in [0.3, 0.4) is 0 Å². The molecule has 3 aromatic rings. The fraction of sp³-hybridized carbons (Fsp3) is 0.111. The fourth-order valence-corrected chi connectivity index (χ4v) is 2.82. The van der Waals surface area contributed by atoms with Crippen molar-refractivity contribution in [3.8, 4) is 0 Å². The van der Waals surface area contributed by atoms with Gasteiger partial charge in [0.25, 0.3) is 5.91 Å². The highest BCUT2D eigenvalue weighted by Crippen LogP contribution is 2.19. The molecule has 1 heterocycles. The number of nitrogens with one attached hydrogen (secondary N) is 1. The van der Waals surface area contributed by atoms with Crippen LogP contribution in [0, 0.1) is 6.92 Å². The predicted octanol–water partition coefficient (Wildman–Crippen LogP) is 4.25. The normalized spacial score (nSPS) is 10.5. The lowest BCUT2D eigenvalue weighted by Crippen LogP contribution is -2.16. The summed E-state index contributed by atoms with van der Waals surface area (Å²) in [5, 5.41) is 7.41. The molecule has 4 nitrogen and oxygen atoms in total. The van der Waals surface area contributed by atoms with E-state index in [0.717, 1.165) is 15.7 Å². The third kappa shape index (κ3) is 3.68. The smallest absolute Gasteiger partial charge is 0.257 e. The Kier molecular flexibility index (Phi) is 4.57. The molecule has 0 aliphatic rings. The zero-order chi connectivity index (χ0) is 16.2. The zero-order valence-electron chi connectivity index (χ0n) is 12.7. The van der Waals surface area contributed by atoms with E-state index in [1.54, 1.807) is 10.7 Å². The number of hydrogen-bond donors (Lipinski definition) is 1. The number of amides is 1. The van der Waals surface area contributed by atoms with Gasteiger partial charge in [-0.3, -0.25) is 4.79 Å². The monoisotopic (exact) mass is 369 g/mol. The summed E-state index contributed by atoms with van der Waals surface area (Å²) in [5.74, 6) is 0.527. The van der Waals surface area contributed by atoms with Crippen LogP contribution < -0.4 is 5.32 Å². The van der Waals surface area contributed by atoms with Gasteiger partial charge in [-0.2, -0.15) is 5.10 Å². The van der Waals surface area contributed by atoms with E-state index < -0.39 is 0 Å². The molecule has 1 aromatic heterocycles. The molecule has 1 amide bonds. The summed E-state index contributed by atoms with van der Waals surface area (Å²) in [6, 6.07) is 19.3. The third-order valence-electron chi connectivity index (χ3n) is 3.44. The van der Waals surface area contributed by atoms with Crippen molar-refractivity contribution in [3.63, 3.8) is 0 Å². The molecule has 5 heteroatoms. The van der Waals surface area contributed by atoms with Gasteiger partial charge in [-0.25, -0.2) is 4.68 Å². The van der Waals surface area contributed by atoms with Gasteiger partial charge in [-0.15, -0.1) is 0 Å². The molecule has 0 unspecified atom stereocenters. The second kappa shape index (κ2) is 6.79. The van der Waals surface area contributed by atoms with E-state index in [1.807, 2.05) is 61.5 Å². The Balaban J connectivity index is 1.83. The number of nitrogens with zero attached hydrogens (tertiary/aromatic N) is 2. The highest BCUT2D eigenvalue weighted by atomic mass is 79.9. The molecular formula is C18H16BrN3O. The van der Waals surface area contributed by atoms with Gasteiger partial charge in [-0.1, -0.05) is 42.5 Å². The van der Waals surface area contributed by atoms with Crippen molar-refractivity contribution in [1.29, 1.82) is 0 Å². The van der Waals surface area contributed by atoms with Crippen LogP contribution in [0.15, 0.2) is 65.1 Å². The summed E-state index contributed by atoms with van der Waals surface area (Å²) in [6.07, 6.45) is 0. The first-order valence-electron chi connectivity index (χ1n) is 7.28. The van der Waals surface area contributed by atoms with Gasteiger partial charge in [0.15, 0.2) is 0 Å². The van der Waals surface area contributed by atoms with Crippen molar-refractivity contribution in [2.45, 2.75) is 13.5 Å². The summed E-state index contributed by atoms with van der Waals surface area (Å²) in [7, 11) is 0. The predicted molar refractivity (Wildman–Crippen MR) is 94.6 cm³/mol. The standard InChI is InChI=1S/C18H16BrN3O/c1-13-11-17(20-18(23)15-9-5-6-10-16(15)19)22(21-13)12-14-7-3-2-4-8-14/h2-11H,12H2,1H3,(H,20,23). The summed E-state index contributed by atoms with van der Waals surface area (Å²) in [6.45, 7) is 2.52. The molecule has 0 aliphatic carbocycles. The number of benzene rings is 2. The van der Waals surface area contributed by atoms with Crippen LogP contribution in [-0.2, 0) is 6.54 Å². The number of hydrogen-bond acceptors (Lipinski definition) is 2. The highest BCUT2D eigenvalue weighted by molar-refractivity contribution is 9.10. The van der Waals surface area contributed by atoms with Crippen molar-refractivity contribution in [2.75, 3.05) is 5.32 Å². The van der Waals surface area contributed by atoms with Gasteiger partial charge < -0.3 is 5.32 Å². The number of aromatic nitrogens is 2. The second-order valence-electron chi connectivity index (χ2n) is 5.25. The van der Waals surface area contributed by atoms with Crippen LogP contribution in [0.2, 0.25) is 0 Å².